The standard InChI is InChI=1S/C20H26F3NO3Si/c1-20(2,3)28(4,5)27-9-8-26-14-10-16(22)18(17(23)11-14)19-15(21)7-6-13(12-25)24-19/h6-7,10-11,25H,8-9,12H2,1-5H3. The van der Waals surface area contributed by atoms with Crippen LogP contribution in [0.4, 0.5) is 13.2 Å². The van der Waals surface area contributed by atoms with Gasteiger partial charge in [0.2, 0.25) is 0 Å². The van der Waals surface area contributed by atoms with Gasteiger partial charge in [0.15, 0.2) is 8.32 Å². The van der Waals surface area contributed by atoms with Crippen molar-refractivity contribution in [1.29, 1.82) is 0 Å². The molecule has 1 heterocycles. The first kappa shape index (κ1) is 22.4. The predicted octanol–water partition coefficient (Wildman–Crippen LogP) is 5.06. The zero-order valence-electron chi connectivity index (χ0n) is 16.8. The molecule has 1 aromatic heterocycles. The van der Waals surface area contributed by atoms with Gasteiger partial charge in [0.05, 0.1) is 24.5 Å². The van der Waals surface area contributed by atoms with E-state index in [-0.39, 0.29) is 23.1 Å². The average Bonchev–Trinajstić information content (AvgIpc) is 2.59. The summed E-state index contributed by atoms with van der Waals surface area (Å²) in [5, 5.41) is 9.16. The zero-order chi connectivity index (χ0) is 21.1. The summed E-state index contributed by atoms with van der Waals surface area (Å²) >= 11 is 0. The van der Waals surface area contributed by atoms with E-state index < -0.39 is 43.6 Å². The van der Waals surface area contributed by atoms with Gasteiger partial charge in [0, 0.05) is 12.1 Å². The van der Waals surface area contributed by atoms with E-state index in [4.69, 9.17) is 14.3 Å². The van der Waals surface area contributed by atoms with Gasteiger partial charge in [-0.15, -0.1) is 0 Å². The Labute approximate surface area is 164 Å². The molecule has 0 aliphatic heterocycles. The summed E-state index contributed by atoms with van der Waals surface area (Å²) in [5.41, 5.74) is -0.981. The molecule has 0 atom stereocenters. The predicted molar refractivity (Wildman–Crippen MR) is 104 cm³/mol. The molecule has 0 fully saturated rings. The number of aliphatic hydroxyl groups excluding tert-OH is 1. The normalized spacial score (nSPS) is 12.3. The highest BCUT2D eigenvalue weighted by Gasteiger charge is 2.36. The second-order valence-corrected chi connectivity index (χ2v) is 12.8. The van der Waals surface area contributed by atoms with E-state index in [1.54, 1.807) is 0 Å². The van der Waals surface area contributed by atoms with Crippen LogP contribution in [0.5, 0.6) is 5.75 Å². The highest BCUT2D eigenvalue weighted by atomic mass is 28.4. The van der Waals surface area contributed by atoms with Crippen LogP contribution in [0.1, 0.15) is 26.5 Å². The van der Waals surface area contributed by atoms with Crippen molar-refractivity contribution < 1.29 is 27.4 Å². The number of benzene rings is 1. The molecule has 0 unspecified atom stereocenters. The first-order valence-corrected chi connectivity index (χ1v) is 11.9. The van der Waals surface area contributed by atoms with Gasteiger partial charge in [0.25, 0.3) is 0 Å². The zero-order valence-corrected chi connectivity index (χ0v) is 17.8. The Morgan fingerprint density at radius 3 is 2.14 bits per heavy atom. The van der Waals surface area contributed by atoms with Crippen LogP contribution in [0.15, 0.2) is 24.3 Å². The lowest BCUT2D eigenvalue weighted by molar-refractivity contribution is 0.202. The van der Waals surface area contributed by atoms with Crippen molar-refractivity contribution in [2.45, 2.75) is 45.5 Å². The van der Waals surface area contributed by atoms with Crippen LogP contribution in [0, 0.1) is 17.5 Å². The van der Waals surface area contributed by atoms with Crippen molar-refractivity contribution in [2.75, 3.05) is 13.2 Å². The molecule has 2 aromatic rings. The maximum Gasteiger partial charge on any atom is 0.192 e. The number of rotatable bonds is 7. The third-order valence-corrected chi connectivity index (χ3v) is 9.48. The van der Waals surface area contributed by atoms with E-state index in [0.717, 1.165) is 18.2 Å². The third-order valence-electron chi connectivity index (χ3n) is 4.94. The molecule has 0 aliphatic carbocycles. The molecule has 8 heteroatoms. The quantitative estimate of drug-likeness (QED) is 0.509. The van der Waals surface area contributed by atoms with Crippen LogP contribution in [-0.2, 0) is 11.0 Å². The number of hydrogen-bond donors (Lipinski definition) is 1. The molecule has 0 aliphatic rings. The Morgan fingerprint density at radius 1 is 1.00 bits per heavy atom. The number of hydrogen-bond acceptors (Lipinski definition) is 4. The Kier molecular flexibility index (Phi) is 6.90. The second-order valence-electron chi connectivity index (χ2n) is 8.01. The van der Waals surface area contributed by atoms with E-state index in [9.17, 15) is 13.2 Å². The summed E-state index contributed by atoms with van der Waals surface area (Å²) < 4.78 is 54.3. The van der Waals surface area contributed by atoms with Gasteiger partial charge in [-0.25, -0.2) is 18.2 Å². The minimum absolute atomic E-state index is 0.0173. The smallest absolute Gasteiger partial charge is 0.192 e. The molecular weight excluding hydrogens is 387 g/mol. The van der Waals surface area contributed by atoms with Crippen molar-refractivity contribution in [3.63, 3.8) is 0 Å². The topological polar surface area (TPSA) is 51.6 Å². The fraction of sp³-hybridized carbons (Fsp3) is 0.450. The molecule has 1 N–H and O–H groups in total. The molecule has 0 saturated heterocycles. The summed E-state index contributed by atoms with van der Waals surface area (Å²) in [6.07, 6.45) is 0. The first-order chi connectivity index (χ1) is 13.0. The molecule has 0 amide bonds. The molecule has 28 heavy (non-hydrogen) atoms. The van der Waals surface area contributed by atoms with Crippen LogP contribution >= 0.6 is 0 Å². The van der Waals surface area contributed by atoms with Gasteiger partial charge in [-0.05, 0) is 30.3 Å². The summed E-state index contributed by atoms with van der Waals surface area (Å²) in [6.45, 7) is 10.5. The number of aliphatic hydroxyl groups is 1. The maximum absolute atomic E-state index is 14.5. The molecule has 0 radical (unpaired) electrons. The van der Waals surface area contributed by atoms with Crippen LogP contribution < -0.4 is 4.74 Å². The largest absolute Gasteiger partial charge is 0.491 e. The first-order valence-electron chi connectivity index (χ1n) is 8.98. The van der Waals surface area contributed by atoms with Crippen molar-refractivity contribution in [3.8, 4) is 17.0 Å². The number of aromatic nitrogens is 1. The van der Waals surface area contributed by atoms with Crippen LogP contribution in [-0.4, -0.2) is 31.6 Å². The summed E-state index contributed by atoms with van der Waals surface area (Å²) in [6, 6.07) is 4.22. The molecule has 0 bridgehead atoms. The fourth-order valence-electron chi connectivity index (χ4n) is 2.28. The van der Waals surface area contributed by atoms with E-state index in [0.29, 0.717) is 6.61 Å². The van der Waals surface area contributed by atoms with Gasteiger partial charge in [-0.2, -0.15) is 0 Å². The van der Waals surface area contributed by atoms with Gasteiger partial charge in [-0.1, -0.05) is 20.8 Å². The Morgan fingerprint density at radius 2 is 1.61 bits per heavy atom. The maximum atomic E-state index is 14.5. The Bertz CT molecular complexity index is 815. The number of ether oxygens (including phenoxy) is 1. The van der Waals surface area contributed by atoms with Crippen LogP contribution in [0.3, 0.4) is 0 Å². The lowest BCUT2D eigenvalue weighted by atomic mass is 10.1. The molecule has 0 saturated carbocycles. The monoisotopic (exact) mass is 413 g/mol. The highest BCUT2D eigenvalue weighted by molar-refractivity contribution is 6.74. The van der Waals surface area contributed by atoms with Gasteiger partial charge in [0.1, 0.15) is 35.5 Å². The van der Waals surface area contributed by atoms with E-state index >= 15 is 0 Å². The van der Waals surface area contributed by atoms with Crippen LogP contribution in [0.25, 0.3) is 11.3 Å². The lowest BCUT2D eigenvalue weighted by Gasteiger charge is -2.36. The number of nitrogens with zero attached hydrogens (tertiary/aromatic N) is 1. The number of halogens is 3. The summed E-state index contributed by atoms with van der Waals surface area (Å²) in [5.74, 6) is -2.90. The summed E-state index contributed by atoms with van der Waals surface area (Å²) in [4.78, 5) is 3.78. The van der Waals surface area contributed by atoms with Crippen molar-refractivity contribution in [3.05, 3.63) is 47.4 Å². The van der Waals surface area contributed by atoms with Gasteiger partial charge < -0.3 is 14.3 Å². The number of pyridine rings is 1. The Hall–Kier alpha value is -1.90. The molecule has 0 spiro atoms. The van der Waals surface area contributed by atoms with Crippen molar-refractivity contribution >= 4 is 8.32 Å². The molecule has 154 valence electrons. The van der Waals surface area contributed by atoms with E-state index in [2.05, 4.69) is 38.8 Å². The summed E-state index contributed by atoms with van der Waals surface area (Å²) in [7, 11) is -1.93. The van der Waals surface area contributed by atoms with Gasteiger partial charge in [-0.3, -0.25) is 0 Å². The minimum Gasteiger partial charge on any atom is -0.491 e. The van der Waals surface area contributed by atoms with Crippen molar-refractivity contribution in [1.82, 2.24) is 4.98 Å². The second kappa shape index (κ2) is 8.63. The molecule has 4 nitrogen and oxygen atoms in total. The Balaban J connectivity index is 2.12. The average molecular weight is 414 g/mol. The van der Waals surface area contributed by atoms with Gasteiger partial charge >= 0.3 is 0 Å². The van der Waals surface area contributed by atoms with E-state index in [1.165, 1.54) is 6.07 Å². The molecule has 2 rings (SSSR count). The van der Waals surface area contributed by atoms with Crippen LogP contribution in [0.2, 0.25) is 18.1 Å². The van der Waals surface area contributed by atoms with Crippen molar-refractivity contribution in [2.24, 2.45) is 0 Å². The molecular formula is C20H26F3NO3Si. The molecule has 1 aromatic carbocycles. The minimum atomic E-state index is -1.93. The third kappa shape index (κ3) is 5.12. The lowest BCUT2D eigenvalue weighted by Crippen LogP contribution is -2.41. The SMILES string of the molecule is CC(C)(C)[Si](C)(C)OCCOc1cc(F)c(-c2nc(CO)ccc2F)c(F)c1. The highest BCUT2D eigenvalue weighted by Crippen LogP contribution is 2.36. The fourth-order valence-corrected chi connectivity index (χ4v) is 3.30. The van der Waals surface area contributed by atoms with E-state index in [1.807, 2.05) is 0 Å².